The number of hydrogen-bond donors (Lipinski definition) is 2. The Balaban J connectivity index is 3.01. The molecule has 0 fully saturated rings. The maximum absolute atomic E-state index is 11.9. The van der Waals surface area contributed by atoms with E-state index >= 15 is 0 Å². The van der Waals surface area contributed by atoms with Crippen molar-refractivity contribution in [2.24, 2.45) is 11.1 Å². The van der Waals surface area contributed by atoms with Gasteiger partial charge in [0.05, 0.1) is 11.1 Å². The van der Waals surface area contributed by atoms with Crippen LogP contribution in [0.4, 0.5) is 5.69 Å². The monoisotopic (exact) mass is 275 g/mol. The van der Waals surface area contributed by atoms with Crippen molar-refractivity contribution in [2.45, 2.75) is 20.8 Å². The molecule has 0 aliphatic heterocycles. The number of anilines is 1. The maximum Gasteiger partial charge on any atom is 0.231 e. The summed E-state index contributed by atoms with van der Waals surface area (Å²) in [5.74, 6) is -0.200. The van der Waals surface area contributed by atoms with E-state index in [-0.39, 0.29) is 17.6 Å². The molecule has 0 spiro atoms. The first-order chi connectivity index (χ1) is 7.77. The summed E-state index contributed by atoms with van der Waals surface area (Å²) in [5, 5.41) is 3.20. The van der Waals surface area contributed by atoms with E-state index in [1.165, 1.54) is 0 Å². The van der Waals surface area contributed by atoms with Crippen LogP contribution in [0.1, 0.15) is 19.4 Å². The van der Waals surface area contributed by atoms with Gasteiger partial charge in [0, 0.05) is 6.54 Å². The fraction of sp³-hybridized carbons (Fsp3) is 0.455. The summed E-state index contributed by atoms with van der Waals surface area (Å²) in [4.78, 5) is 15.8. The number of nitrogens with zero attached hydrogens (tertiary/aromatic N) is 1. The molecule has 0 radical (unpaired) electrons. The van der Waals surface area contributed by atoms with Gasteiger partial charge in [0.25, 0.3) is 0 Å². The lowest BCUT2D eigenvalue weighted by Gasteiger charge is -2.22. The molecule has 0 saturated heterocycles. The van der Waals surface area contributed by atoms with Gasteiger partial charge in [0.1, 0.15) is 5.15 Å². The molecule has 0 unspecified atom stereocenters. The highest BCUT2D eigenvalue weighted by molar-refractivity contribution is 6.34. The third-order valence-corrected chi connectivity index (χ3v) is 2.97. The summed E-state index contributed by atoms with van der Waals surface area (Å²) < 4.78 is 0. The lowest BCUT2D eigenvalue weighted by Crippen LogP contribution is -2.37. The number of nitrogens with one attached hydrogen (secondary N) is 1. The van der Waals surface area contributed by atoms with Crippen molar-refractivity contribution >= 4 is 34.8 Å². The summed E-state index contributed by atoms with van der Waals surface area (Å²) in [6, 6.07) is 1.64. The summed E-state index contributed by atoms with van der Waals surface area (Å²) in [6.45, 7) is 5.56. The number of carbonyl (C=O) groups excluding carboxylic acids is 1. The first-order valence-corrected chi connectivity index (χ1v) is 5.87. The van der Waals surface area contributed by atoms with E-state index in [1.807, 2.05) is 0 Å². The third kappa shape index (κ3) is 3.31. The molecule has 0 atom stereocenters. The van der Waals surface area contributed by atoms with E-state index in [4.69, 9.17) is 28.9 Å². The zero-order valence-electron chi connectivity index (χ0n) is 9.97. The Hall–Kier alpha value is -0.840. The highest BCUT2D eigenvalue weighted by Crippen LogP contribution is 2.28. The van der Waals surface area contributed by atoms with Gasteiger partial charge in [0.2, 0.25) is 5.91 Å². The molecule has 0 aliphatic carbocycles. The van der Waals surface area contributed by atoms with Crippen LogP contribution in [0.15, 0.2) is 6.07 Å². The second kappa shape index (κ2) is 5.21. The zero-order chi connectivity index (χ0) is 13.2. The molecule has 1 rings (SSSR count). The van der Waals surface area contributed by atoms with Crippen LogP contribution < -0.4 is 11.1 Å². The number of carbonyl (C=O) groups is 1. The average Bonchev–Trinajstić information content (AvgIpc) is 2.22. The summed E-state index contributed by atoms with van der Waals surface area (Å²) in [6.07, 6.45) is 0. The Labute approximate surface area is 110 Å². The van der Waals surface area contributed by atoms with Crippen molar-refractivity contribution in [1.82, 2.24) is 4.98 Å². The van der Waals surface area contributed by atoms with E-state index in [0.717, 1.165) is 5.56 Å². The lowest BCUT2D eigenvalue weighted by atomic mass is 9.92. The Kier molecular flexibility index (Phi) is 4.36. The minimum atomic E-state index is -0.657. The number of pyridine rings is 1. The Morgan fingerprint density at radius 3 is 2.59 bits per heavy atom. The van der Waals surface area contributed by atoms with Crippen LogP contribution in [-0.4, -0.2) is 17.4 Å². The highest BCUT2D eigenvalue weighted by Gasteiger charge is 2.27. The van der Waals surface area contributed by atoms with E-state index < -0.39 is 5.41 Å². The van der Waals surface area contributed by atoms with Crippen LogP contribution in [0.25, 0.3) is 0 Å². The second-order valence-corrected chi connectivity index (χ2v) is 5.22. The summed E-state index contributed by atoms with van der Waals surface area (Å²) in [7, 11) is 0. The van der Waals surface area contributed by atoms with Crippen LogP contribution in [0.3, 0.4) is 0 Å². The fourth-order valence-corrected chi connectivity index (χ4v) is 1.70. The van der Waals surface area contributed by atoms with Crippen LogP contribution in [-0.2, 0) is 4.79 Å². The summed E-state index contributed by atoms with van der Waals surface area (Å²) >= 11 is 11.7. The molecule has 94 valence electrons. The minimum absolute atomic E-state index is 0.177. The number of aryl methyl sites for hydroxylation is 1. The molecule has 1 aromatic heterocycles. The molecule has 4 nitrogen and oxygen atoms in total. The molecule has 6 heteroatoms. The van der Waals surface area contributed by atoms with Gasteiger partial charge in [-0.1, -0.05) is 23.2 Å². The van der Waals surface area contributed by atoms with E-state index in [9.17, 15) is 4.79 Å². The number of rotatable bonds is 3. The topological polar surface area (TPSA) is 68.0 Å². The van der Waals surface area contributed by atoms with Crippen LogP contribution in [0, 0.1) is 12.3 Å². The average molecular weight is 276 g/mol. The zero-order valence-corrected chi connectivity index (χ0v) is 11.5. The highest BCUT2D eigenvalue weighted by atomic mass is 35.5. The predicted octanol–water partition coefficient (Wildman–Crippen LogP) is 2.62. The number of aromatic nitrogens is 1. The van der Waals surface area contributed by atoms with Crippen molar-refractivity contribution in [3.8, 4) is 0 Å². The van der Waals surface area contributed by atoms with Crippen LogP contribution in [0.5, 0.6) is 0 Å². The lowest BCUT2D eigenvalue weighted by molar-refractivity contribution is -0.123. The molecule has 0 aromatic carbocycles. The Morgan fingerprint density at radius 1 is 1.53 bits per heavy atom. The quantitative estimate of drug-likeness (QED) is 0.834. The Morgan fingerprint density at radius 2 is 2.12 bits per heavy atom. The maximum atomic E-state index is 11.9. The van der Waals surface area contributed by atoms with Gasteiger partial charge in [-0.05, 0) is 32.4 Å². The molecular weight excluding hydrogens is 261 g/mol. The molecule has 3 N–H and O–H groups in total. The first kappa shape index (κ1) is 14.2. The molecule has 1 heterocycles. The van der Waals surface area contributed by atoms with Crippen molar-refractivity contribution in [3.05, 3.63) is 21.9 Å². The molecular formula is C11H15Cl2N3O. The van der Waals surface area contributed by atoms with Gasteiger partial charge in [0.15, 0.2) is 5.15 Å². The van der Waals surface area contributed by atoms with Crippen LogP contribution >= 0.6 is 23.2 Å². The van der Waals surface area contributed by atoms with Crippen LogP contribution in [0.2, 0.25) is 10.3 Å². The van der Waals surface area contributed by atoms with Crippen molar-refractivity contribution in [1.29, 1.82) is 0 Å². The van der Waals surface area contributed by atoms with Crippen molar-refractivity contribution in [3.63, 3.8) is 0 Å². The molecule has 0 saturated carbocycles. The molecule has 1 aromatic rings. The SMILES string of the molecule is Cc1cc(Cl)nc(Cl)c1NC(=O)C(C)(C)CN. The number of halogens is 2. The van der Waals surface area contributed by atoms with E-state index in [0.29, 0.717) is 10.8 Å². The Bertz CT molecular complexity index is 423. The number of nitrogens with two attached hydrogens (primary N) is 1. The van der Waals surface area contributed by atoms with Crippen molar-refractivity contribution in [2.75, 3.05) is 11.9 Å². The molecule has 17 heavy (non-hydrogen) atoms. The molecule has 0 aliphatic rings. The van der Waals surface area contributed by atoms with Gasteiger partial charge in [-0.3, -0.25) is 4.79 Å². The fourth-order valence-electron chi connectivity index (χ4n) is 1.12. The van der Waals surface area contributed by atoms with E-state index in [1.54, 1.807) is 26.8 Å². The van der Waals surface area contributed by atoms with Crippen molar-refractivity contribution < 1.29 is 4.79 Å². The number of hydrogen-bond acceptors (Lipinski definition) is 3. The van der Waals surface area contributed by atoms with Gasteiger partial charge >= 0.3 is 0 Å². The van der Waals surface area contributed by atoms with E-state index in [2.05, 4.69) is 10.3 Å². The van der Waals surface area contributed by atoms with Gasteiger partial charge < -0.3 is 11.1 Å². The summed E-state index contributed by atoms with van der Waals surface area (Å²) in [5.41, 5.74) is 6.11. The number of amides is 1. The standard InChI is InChI=1S/C11H15Cl2N3O/c1-6-4-7(12)15-9(13)8(6)16-10(17)11(2,3)5-14/h4H,5,14H2,1-3H3,(H,16,17). The largest absolute Gasteiger partial charge is 0.329 e. The van der Waals surface area contributed by atoms with Gasteiger partial charge in [-0.2, -0.15) is 0 Å². The normalized spacial score (nSPS) is 11.4. The minimum Gasteiger partial charge on any atom is -0.329 e. The first-order valence-electron chi connectivity index (χ1n) is 5.12. The smallest absolute Gasteiger partial charge is 0.231 e. The molecule has 1 amide bonds. The third-order valence-electron chi connectivity index (χ3n) is 2.50. The molecule has 0 bridgehead atoms. The van der Waals surface area contributed by atoms with Gasteiger partial charge in [-0.15, -0.1) is 0 Å². The predicted molar refractivity (Wildman–Crippen MR) is 70.5 cm³/mol. The van der Waals surface area contributed by atoms with Gasteiger partial charge in [-0.25, -0.2) is 4.98 Å². The second-order valence-electron chi connectivity index (χ2n) is 4.47.